The van der Waals surface area contributed by atoms with Crippen molar-refractivity contribution in [3.8, 4) is 56.4 Å². The van der Waals surface area contributed by atoms with Crippen LogP contribution in [0.2, 0.25) is 0 Å². The van der Waals surface area contributed by atoms with E-state index < -0.39 is 0 Å². The summed E-state index contributed by atoms with van der Waals surface area (Å²) in [7, 11) is 3.41. The van der Waals surface area contributed by atoms with E-state index in [1.54, 1.807) is 14.2 Å². The molecular formula is C48H50Cl2O4SiZr-4. The van der Waals surface area contributed by atoms with Crippen LogP contribution in [-0.2, 0) is 23.3 Å². The zero-order chi connectivity index (χ0) is 37.1. The molecule has 0 fully saturated rings. The Morgan fingerprint density at radius 1 is 0.518 bits per heavy atom. The number of hydrogen-bond donors (Lipinski definition) is 0. The van der Waals surface area contributed by atoms with E-state index in [0.717, 1.165) is 45.7 Å². The summed E-state index contributed by atoms with van der Waals surface area (Å²) in [6.07, 6.45) is 0. The number of fused-ring (bicyclic) bond motifs is 2. The molecule has 6 aromatic carbocycles. The third-order valence-corrected chi connectivity index (χ3v) is 9.83. The molecule has 2 heterocycles. The van der Waals surface area contributed by atoms with Crippen molar-refractivity contribution < 1.29 is 41.6 Å². The Kier molecular flexibility index (Phi) is 18.0. The van der Waals surface area contributed by atoms with Gasteiger partial charge in [-0.25, -0.2) is 0 Å². The molecule has 2 radical (unpaired) electrons. The second kappa shape index (κ2) is 20.9. The Hall–Kier alpha value is -4.06. The number of methoxy groups -OCH3 is 2. The van der Waals surface area contributed by atoms with Crippen LogP contribution >= 0.6 is 24.8 Å². The first-order valence-electron chi connectivity index (χ1n) is 17.2. The van der Waals surface area contributed by atoms with Crippen LogP contribution in [0.25, 0.3) is 66.4 Å². The third kappa shape index (κ3) is 9.90. The summed E-state index contributed by atoms with van der Waals surface area (Å²) in [5.74, 6) is 5.45. The summed E-state index contributed by atoms with van der Waals surface area (Å²) in [5, 5.41) is 4.98. The number of benzene rings is 4. The van der Waals surface area contributed by atoms with Crippen LogP contribution in [0.3, 0.4) is 0 Å². The molecule has 0 aliphatic carbocycles. The second-order valence-corrected chi connectivity index (χ2v) is 13.2. The number of rotatable bonds is 6. The molecule has 292 valence electrons. The molecule has 0 unspecified atom stereocenters. The summed E-state index contributed by atoms with van der Waals surface area (Å²) in [4.78, 5) is 0. The van der Waals surface area contributed by atoms with Gasteiger partial charge >= 0.3 is 30.2 Å². The number of hydrogen-bond acceptors (Lipinski definition) is 4. The second-order valence-electron chi connectivity index (χ2n) is 13.2. The molecule has 0 N–H and O–H groups in total. The number of furan rings is 2. The molecule has 8 aromatic rings. The van der Waals surface area contributed by atoms with Crippen molar-refractivity contribution in [1.29, 1.82) is 0 Å². The molecule has 0 amide bonds. The monoisotopic (exact) mass is 878 g/mol. The van der Waals surface area contributed by atoms with Gasteiger partial charge in [0.15, 0.2) is 0 Å². The van der Waals surface area contributed by atoms with Gasteiger partial charge in [0.1, 0.15) is 11.5 Å². The molecule has 0 bridgehead atoms. The van der Waals surface area contributed by atoms with Gasteiger partial charge in [0.05, 0.1) is 37.3 Å². The molecule has 0 spiro atoms. The van der Waals surface area contributed by atoms with Crippen molar-refractivity contribution >= 4 is 53.2 Å². The van der Waals surface area contributed by atoms with Crippen LogP contribution in [0, 0.1) is 56.4 Å². The standard InChI is InChI=1S/2C23H21O2.2CH3.2ClH.Si.Zr/c2*1-14-10-18-11-19(22-9-8-15(2)25-22)13-21(18)23(16(14)3)17-6-5-7-20(12-17)24-4;;;;;;/h2*5-13H,1-4H3;2*1H3;2*1H;;/q4*-1;;;;. The quantitative estimate of drug-likeness (QED) is 0.123. The summed E-state index contributed by atoms with van der Waals surface area (Å²) in [6.45, 7) is 15.7. The van der Waals surface area contributed by atoms with Crippen LogP contribution < -0.4 is 9.47 Å². The molecule has 0 atom stereocenters. The van der Waals surface area contributed by atoms with Gasteiger partial charge < -0.3 is 33.2 Å². The number of ether oxygens (including phenoxy) is 2. The van der Waals surface area contributed by atoms with Crippen LogP contribution in [0.5, 0.6) is 11.5 Å². The molecule has 0 aliphatic heterocycles. The van der Waals surface area contributed by atoms with E-state index in [-0.39, 0.29) is 39.7 Å². The molecule has 2 aromatic heterocycles. The van der Waals surface area contributed by atoms with Crippen molar-refractivity contribution in [1.82, 2.24) is 0 Å². The van der Waals surface area contributed by atoms with E-state index in [9.17, 15) is 0 Å². The van der Waals surface area contributed by atoms with E-state index in [4.69, 9.17) is 18.3 Å². The molecule has 0 saturated heterocycles. The third-order valence-electron chi connectivity index (χ3n) is 9.83. The van der Waals surface area contributed by atoms with Gasteiger partial charge in [0.2, 0.25) is 0 Å². The normalized spacial score (nSPS) is 10.1. The molecule has 8 heteroatoms. The first-order chi connectivity index (χ1) is 25.1. The number of halogens is 2. The maximum atomic E-state index is 5.82. The van der Waals surface area contributed by atoms with Gasteiger partial charge in [0, 0.05) is 0 Å². The van der Waals surface area contributed by atoms with Gasteiger partial charge in [0.25, 0.3) is 0 Å². The Labute approximate surface area is 362 Å². The van der Waals surface area contributed by atoms with E-state index in [1.165, 1.54) is 89.4 Å². The van der Waals surface area contributed by atoms with E-state index >= 15 is 0 Å². The zero-order valence-corrected chi connectivity index (χ0v) is 38.9. The fourth-order valence-corrected chi connectivity index (χ4v) is 6.97. The van der Waals surface area contributed by atoms with E-state index in [1.807, 2.05) is 62.4 Å². The van der Waals surface area contributed by atoms with Crippen molar-refractivity contribution in [3.63, 3.8) is 0 Å². The van der Waals surface area contributed by atoms with Gasteiger partial charge in [-0.15, -0.1) is 82.8 Å². The van der Waals surface area contributed by atoms with Crippen LogP contribution in [0.1, 0.15) is 33.8 Å². The first kappa shape index (κ1) is 48.1. The molecule has 8 rings (SSSR count). The summed E-state index contributed by atoms with van der Waals surface area (Å²) < 4.78 is 22.5. The van der Waals surface area contributed by atoms with Gasteiger partial charge in [-0.3, -0.25) is 0 Å². The predicted molar refractivity (Wildman–Crippen MR) is 240 cm³/mol. The topological polar surface area (TPSA) is 44.7 Å². The Balaban J connectivity index is 0.000000347. The van der Waals surface area contributed by atoms with Crippen molar-refractivity contribution in [3.05, 3.63) is 158 Å². The Morgan fingerprint density at radius 3 is 1.21 bits per heavy atom. The predicted octanol–water partition coefficient (Wildman–Crippen LogP) is 14.2. The molecule has 0 aliphatic rings. The summed E-state index contributed by atoms with van der Waals surface area (Å²) >= 11 is 1.36. The van der Waals surface area contributed by atoms with E-state index in [0.29, 0.717) is 0 Å². The Bertz CT molecular complexity index is 2340. The van der Waals surface area contributed by atoms with Crippen LogP contribution in [0.4, 0.5) is 0 Å². The van der Waals surface area contributed by atoms with E-state index in [2.05, 4.69) is 95.2 Å². The van der Waals surface area contributed by atoms with Gasteiger partial charge in [-0.2, -0.15) is 0 Å². The van der Waals surface area contributed by atoms with Crippen molar-refractivity contribution in [2.75, 3.05) is 14.2 Å². The minimum absolute atomic E-state index is 0. The molecular weight excluding hydrogens is 831 g/mol. The van der Waals surface area contributed by atoms with Gasteiger partial charge in [-0.1, -0.05) is 57.6 Å². The number of aryl methyl sites for hydroxylation is 4. The van der Waals surface area contributed by atoms with Crippen molar-refractivity contribution in [2.24, 2.45) is 0 Å². The fraction of sp³-hybridized carbons (Fsp3) is 0.167. The molecule has 56 heavy (non-hydrogen) atoms. The maximum absolute atomic E-state index is 5.82. The average molecular weight is 881 g/mol. The van der Waals surface area contributed by atoms with Gasteiger partial charge in [-0.05, 0) is 112 Å². The molecule has 0 saturated carbocycles. The Morgan fingerprint density at radius 2 is 0.893 bits per heavy atom. The fourth-order valence-electron chi connectivity index (χ4n) is 6.97. The summed E-state index contributed by atoms with van der Waals surface area (Å²) in [5.41, 5.74) is 12.3. The van der Waals surface area contributed by atoms with Crippen molar-refractivity contribution in [2.45, 2.75) is 41.5 Å². The molecule has 4 nitrogen and oxygen atoms in total. The first-order valence-corrected chi connectivity index (χ1v) is 21.4. The summed E-state index contributed by atoms with van der Waals surface area (Å²) in [6, 6.07) is 38.0. The average Bonchev–Trinajstić information content (AvgIpc) is 3.97. The SMILES string of the molecule is COc1cccc(-c2c(C)c(C)cc3[cH-]c(-c4ccc(C)o4)cc23)c1.COc1cccc(-c2c(C)c(C)cc3[cH-]c(-c4ccc(C)o4)cc23)c1.Cl.Cl.[CH3-].[CH3-].[Si]=[Zr]. The zero-order valence-electron chi connectivity index (χ0n) is 33.8. The van der Waals surface area contributed by atoms with Crippen LogP contribution in [-0.4, -0.2) is 21.1 Å². The minimum atomic E-state index is 0. The van der Waals surface area contributed by atoms with Crippen LogP contribution in [0.15, 0.2) is 118 Å².